The Morgan fingerprint density at radius 1 is 1.31 bits per heavy atom. The average molecular weight is 224 g/mol. The molecule has 16 heavy (non-hydrogen) atoms. The highest BCUT2D eigenvalue weighted by Gasteiger charge is 1.96. The number of rotatable bonds is 8. The van der Waals surface area contributed by atoms with Gasteiger partial charge in [-0.15, -0.1) is 0 Å². The Bertz CT molecular complexity index is 275. The molecule has 0 aliphatic heterocycles. The van der Waals surface area contributed by atoms with Crippen LogP contribution in [-0.2, 0) is 22.6 Å². The van der Waals surface area contributed by atoms with Gasteiger partial charge in [-0.3, -0.25) is 4.98 Å². The second kappa shape index (κ2) is 8.21. The molecular formula is C12H20N2O2. The molecule has 4 heteroatoms. The molecule has 1 N–H and O–H groups in total. The maximum Gasteiger partial charge on any atom is 0.0887 e. The summed E-state index contributed by atoms with van der Waals surface area (Å²) in [6.45, 7) is 2.88. The van der Waals surface area contributed by atoms with Crippen molar-refractivity contribution < 1.29 is 9.47 Å². The summed E-state index contributed by atoms with van der Waals surface area (Å²) in [5.74, 6) is 0. The molecule has 0 fully saturated rings. The number of hydrogen-bond acceptors (Lipinski definition) is 4. The number of aromatic nitrogens is 1. The number of ether oxygens (including phenoxy) is 2. The SMILES string of the molecule is CNCc1ccc(COCCCOC)nc1. The fourth-order valence-electron chi connectivity index (χ4n) is 1.33. The average Bonchev–Trinajstić information content (AvgIpc) is 2.31. The van der Waals surface area contributed by atoms with Crippen LogP contribution in [0.2, 0.25) is 0 Å². The van der Waals surface area contributed by atoms with Crippen LogP contribution in [0.3, 0.4) is 0 Å². The molecule has 0 amide bonds. The van der Waals surface area contributed by atoms with Crippen molar-refractivity contribution in [3.8, 4) is 0 Å². The van der Waals surface area contributed by atoms with E-state index in [9.17, 15) is 0 Å². The molecule has 0 atom stereocenters. The summed E-state index contributed by atoms with van der Waals surface area (Å²) in [6, 6.07) is 4.07. The Morgan fingerprint density at radius 2 is 2.19 bits per heavy atom. The molecule has 0 radical (unpaired) electrons. The van der Waals surface area contributed by atoms with Crippen molar-refractivity contribution in [1.82, 2.24) is 10.3 Å². The molecule has 0 saturated carbocycles. The molecule has 0 saturated heterocycles. The number of nitrogens with zero attached hydrogens (tertiary/aromatic N) is 1. The van der Waals surface area contributed by atoms with E-state index in [-0.39, 0.29) is 0 Å². The third kappa shape index (κ3) is 5.21. The lowest BCUT2D eigenvalue weighted by atomic mass is 10.2. The predicted molar refractivity (Wildman–Crippen MR) is 63.1 cm³/mol. The van der Waals surface area contributed by atoms with Crippen molar-refractivity contribution in [2.45, 2.75) is 19.6 Å². The Morgan fingerprint density at radius 3 is 2.81 bits per heavy atom. The minimum atomic E-state index is 0.573. The molecular weight excluding hydrogens is 204 g/mol. The van der Waals surface area contributed by atoms with Crippen LogP contribution in [0.4, 0.5) is 0 Å². The Hall–Kier alpha value is -0.970. The van der Waals surface area contributed by atoms with Crippen LogP contribution in [0.15, 0.2) is 18.3 Å². The summed E-state index contributed by atoms with van der Waals surface area (Å²) in [4.78, 5) is 4.32. The van der Waals surface area contributed by atoms with Gasteiger partial charge in [0.05, 0.1) is 12.3 Å². The summed E-state index contributed by atoms with van der Waals surface area (Å²) < 4.78 is 10.4. The zero-order valence-corrected chi connectivity index (χ0v) is 10.0. The molecule has 0 spiro atoms. The lowest BCUT2D eigenvalue weighted by Gasteiger charge is -2.04. The third-order valence-corrected chi connectivity index (χ3v) is 2.15. The van der Waals surface area contributed by atoms with Gasteiger partial charge in [-0.1, -0.05) is 6.07 Å². The standard InChI is InChI=1S/C12H20N2O2/c1-13-8-11-4-5-12(14-9-11)10-16-7-3-6-15-2/h4-5,9,13H,3,6-8,10H2,1-2H3. The van der Waals surface area contributed by atoms with Gasteiger partial charge in [0.15, 0.2) is 0 Å². The van der Waals surface area contributed by atoms with Gasteiger partial charge in [0.2, 0.25) is 0 Å². The molecule has 0 aliphatic rings. The third-order valence-electron chi connectivity index (χ3n) is 2.15. The van der Waals surface area contributed by atoms with Gasteiger partial charge in [0, 0.05) is 33.1 Å². The fraction of sp³-hybridized carbons (Fsp3) is 0.583. The molecule has 1 rings (SSSR count). The molecule has 0 unspecified atom stereocenters. The Kier molecular flexibility index (Phi) is 6.72. The molecule has 1 heterocycles. The lowest BCUT2D eigenvalue weighted by Crippen LogP contribution is -2.06. The fourth-order valence-corrected chi connectivity index (χ4v) is 1.33. The van der Waals surface area contributed by atoms with E-state index in [2.05, 4.69) is 16.4 Å². The number of nitrogens with one attached hydrogen (secondary N) is 1. The van der Waals surface area contributed by atoms with Crippen LogP contribution in [-0.4, -0.2) is 32.4 Å². The lowest BCUT2D eigenvalue weighted by molar-refractivity contribution is 0.0910. The van der Waals surface area contributed by atoms with Crippen LogP contribution in [0.25, 0.3) is 0 Å². The smallest absolute Gasteiger partial charge is 0.0887 e. The van der Waals surface area contributed by atoms with Crippen molar-refractivity contribution in [2.75, 3.05) is 27.4 Å². The largest absolute Gasteiger partial charge is 0.385 e. The first kappa shape index (κ1) is 13.1. The minimum absolute atomic E-state index is 0.573. The van der Waals surface area contributed by atoms with E-state index in [0.717, 1.165) is 25.3 Å². The van der Waals surface area contributed by atoms with Crippen LogP contribution >= 0.6 is 0 Å². The van der Waals surface area contributed by atoms with Crippen LogP contribution in [0, 0.1) is 0 Å². The predicted octanol–water partition coefficient (Wildman–Crippen LogP) is 1.35. The van der Waals surface area contributed by atoms with Crippen molar-refractivity contribution in [3.05, 3.63) is 29.6 Å². The summed E-state index contributed by atoms with van der Waals surface area (Å²) >= 11 is 0. The monoisotopic (exact) mass is 224 g/mol. The molecule has 90 valence electrons. The summed E-state index contributed by atoms with van der Waals surface area (Å²) in [7, 11) is 3.62. The quantitative estimate of drug-likeness (QED) is 0.677. The van der Waals surface area contributed by atoms with Gasteiger partial charge in [-0.25, -0.2) is 0 Å². The van der Waals surface area contributed by atoms with Gasteiger partial charge >= 0.3 is 0 Å². The van der Waals surface area contributed by atoms with Gasteiger partial charge in [0.1, 0.15) is 0 Å². The van der Waals surface area contributed by atoms with Gasteiger partial charge in [-0.2, -0.15) is 0 Å². The van der Waals surface area contributed by atoms with E-state index >= 15 is 0 Å². The highest BCUT2D eigenvalue weighted by molar-refractivity contribution is 5.13. The van der Waals surface area contributed by atoms with E-state index in [1.54, 1.807) is 7.11 Å². The Balaban J connectivity index is 2.21. The van der Waals surface area contributed by atoms with Gasteiger partial charge in [0.25, 0.3) is 0 Å². The molecule has 0 aliphatic carbocycles. The summed E-state index contributed by atoms with van der Waals surface area (Å²) in [6.07, 6.45) is 2.80. The van der Waals surface area contributed by atoms with E-state index in [1.807, 2.05) is 19.3 Å². The molecule has 0 aromatic carbocycles. The highest BCUT2D eigenvalue weighted by atomic mass is 16.5. The zero-order valence-electron chi connectivity index (χ0n) is 10.0. The summed E-state index contributed by atoms with van der Waals surface area (Å²) in [5, 5.41) is 3.08. The molecule has 1 aromatic rings. The number of hydrogen-bond donors (Lipinski definition) is 1. The molecule has 1 aromatic heterocycles. The topological polar surface area (TPSA) is 43.4 Å². The number of pyridine rings is 1. The van der Waals surface area contributed by atoms with Crippen LogP contribution < -0.4 is 5.32 Å². The maximum absolute atomic E-state index is 5.46. The minimum Gasteiger partial charge on any atom is -0.385 e. The van der Waals surface area contributed by atoms with Crippen molar-refractivity contribution in [3.63, 3.8) is 0 Å². The van der Waals surface area contributed by atoms with E-state index < -0.39 is 0 Å². The van der Waals surface area contributed by atoms with Gasteiger partial charge < -0.3 is 14.8 Å². The van der Waals surface area contributed by atoms with E-state index in [1.165, 1.54) is 5.56 Å². The van der Waals surface area contributed by atoms with Crippen molar-refractivity contribution >= 4 is 0 Å². The van der Waals surface area contributed by atoms with Crippen LogP contribution in [0.5, 0.6) is 0 Å². The van der Waals surface area contributed by atoms with Crippen LogP contribution in [0.1, 0.15) is 17.7 Å². The van der Waals surface area contributed by atoms with Gasteiger partial charge in [-0.05, 0) is 25.1 Å². The maximum atomic E-state index is 5.46. The first-order chi connectivity index (χ1) is 7.86. The molecule has 0 bridgehead atoms. The Labute approximate surface area is 97.0 Å². The first-order valence-corrected chi connectivity index (χ1v) is 5.52. The number of methoxy groups -OCH3 is 1. The summed E-state index contributed by atoms with van der Waals surface area (Å²) in [5.41, 5.74) is 2.16. The second-order valence-corrected chi connectivity index (χ2v) is 3.59. The normalized spacial score (nSPS) is 10.6. The van der Waals surface area contributed by atoms with E-state index in [0.29, 0.717) is 13.2 Å². The van der Waals surface area contributed by atoms with E-state index in [4.69, 9.17) is 9.47 Å². The second-order valence-electron chi connectivity index (χ2n) is 3.59. The first-order valence-electron chi connectivity index (χ1n) is 5.52. The molecule has 4 nitrogen and oxygen atoms in total. The highest BCUT2D eigenvalue weighted by Crippen LogP contribution is 2.01. The van der Waals surface area contributed by atoms with Crippen molar-refractivity contribution in [1.29, 1.82) is 0 Å². The zero-order chi connectivity index (χ0) is 11.6. The van der Waals surface area contributed by atoms with Crippen molar-refractivity contribution in [2.24, 2.45) is 0 Å².